The molecule has 0 aromatic carbocycles. The summed E-state index contributed by atoms with van der Waals surface area (Å²) in [6.45, 7) is -0.521. The van der Waals surface area contributed by atoms with Crippen molar-refractivity contribution >= 4 is 18.9 Å². The second kappa shape index (κ2) is 8.20. The van der Waals surface area contributed by atoms with E-state index in [1.165, 1.54) is 4.90 Å². The molecule has 8 nitrogen and oxygen atoms in total. The number of aliphatic hydroxyl groups excluding tert-OH is 2. The number of rotatable bonds is 4. The first-order chi connectivity index (χ1) is 15.0. The lowest BCUT2D eigenvalue weighted by molar-refractivity contribution is -0.143. The standard InChI is InChI=1S/C22H28BNO7/c25-10-12-8-16-19(22(28)24(21(16)27)13-4-2-1-3-5-13)15-9-18(31-23(29)20(12)15)17-7-6-14(11-26)30-17/h6-7,13,15-16,18-19,25-26,29H,1-5,8-11H2/t15-,16-,18-,19+/m0/s1. The summed E-state index contributed by atoms with van der Waals surface area (Å²) in [6.07, 6.45) is 4.91. The van der Waals surface area contributed by atoms with Crippen molar-refractivity contribution in [1.29, 1.82) is 0 Å². The van der Waals surface area contributed by atoms with Crippen LogP contribution in [0.25, 0.3) is 0 Å². The Balaban J connectivity index is 1.48. The van der Waals surface area contributed by atoms with E-state index < -0.39 is 31.0 Å². The van der Waals surface area contributed by atoms with E-state index in [4.69, 9.17) is 9.07 Å². The van der Waals surface area contributed by atoms with Gasteiger partial charge in [-0.2, -0.15) is 0 Å². The first-order valence-corrected chi connectivity index (χ1v) is 11.3. The van der Waals surface area contributed by atoms with Gasteiger partial charge in [-0.25, -0.2) is 0 Å². The quantitative estimate of drug-likeness (QED) is 0.490. The van der Waals surface area contributed by atoms with Gasteiger partial charge in [0.25, 0.3) is 0 Å². The summed E-state index contributed by atoms with van der Waals surface area (Å²) in [7, 11) is -1.28. The second-order valence-corrected chi connectivity index (χ2v) is 9.17. The number of allylic oxidation sites excluding steroid dienone is 1. The van der Waals surface area contributed by atoms with Gasteiger partial charge in [0.15, 0.2) is 0 Å². The lowest BCUT2D eigenvalue weighted by Gasteiger charge is -2.41. The molecule has 5 rings (SSSR count). The minimum Gasteiger partial charge on any atom is -0.461 e. The van der Waals surface area contributed by atoms with Crippen LogP contribution in [0.1, 0.15) is 62.6 Å². The van der Waals surface area contributed by atoms with Gasteiger partial charge >= 0.3 is 7.12 Å². The van der Waals surface area contributed by atoms with Crippen LogP contribution in [0.3, 0.4) is 0 Å². The van der Waals surface area contributed by atoms with Crippen molar-refractivity contribution in [3.8, 4) is 0 Å². The molecule has 4 atom stereocenters. The number of aliphatic hydroxyl groups is 2. The van der Waals surface area contributed by atoms with Crippen LogP contribution in [0.4, 0.5) is 0 Å². The fourth-order valence-corrected chi connectivity index (χ4v) is 6.12. The summed E-state index contributed by atoms with van der Waals surface area (Å²) in [5.41, 5.74) is 1.14. The third kappa shape index (κ3) is 3.38. The number of carbonyl (C=O) groups excluding carboxylic acids is 2. The molecule has 0 unspecified atom stereocenters. The zero-order valence-electron chi connectivity index (χ0n) is 17.4. The molecule has 0 spiro atoms. The predicted octanol–water partition coefficient (Wildman–Crippen LogP) is 1.50. The molecular weight excluding hydrogens is 401 g/mol. The largest absolute Gasteiger partial charge is 0.487 e. The van der Waals surface area contributed by atoms with Gasteiger partial charge in [-0.1, -0.05) is 19.3 Å². The highest BCUT2D eigenvalue weighted by molar-refractivity contribution is 6.53. The van der Waals surface area contributed by atoms with Crippen molar-refractivity contribution in [1.82, 2.24) is 4.90 Å². The number of likely N-dealkylation sites (tertiary alicyclic amines) is 1. The van der Waals surface area contributed by atoms with E-state index in [1.54, 1.807) is 12.1 Å². The molecule has 2 saturated heterocycles. The minimum atomic E-state index is -1.28. The third-order valence-corrected chi connectivity index (χ3v) is 7.53. The number of hydrogen-bond donors (Lipinski definition) is 3. The van der Waals surface area contributed by atoms with Gasteiger partial charge in [0, 0.05) is 6.04 Å². The summed E-state index contributed by atoms with van der Waals surface area (Å²) >= 11 is 0. The molecule has 0 radical (unpaired) electrons. The number of carbonyl (C=O) groups is 2. The normalized spacial score (nSPS) is 32.0. The van der Waals surface area contributed by atoms with Crippen LogP contribution in [0, 0.1) is 17.8 Å². The Morgan fingerprint density at radius 2 is 1.81 bits per heavy atom. The second-order valence-electron chi connectivity index (χ2n) is 9.17. The van der Waals surface area contributed by atoms with E-state index >= 15 is 0 Å². The first kappa shape index (κ1) is 20.9. The summed E-state index contributed by atoms with van der Waals surface area (Å²) in [5.74, 6) is -0.871. The Kier molecular flexibility index (Phi) is 5.54. The molecule has 2 aliphatic carbocycles. The molecule has 2 amide bonds. The van der Waals surface area contributed by atoms with Crippen LogP contribution >= 0.6 is 0 Å². The predicted molar refractivity (Wildman–Crippen MR) is 109 cm³/mol. The number of hydrogen-bond acceptors (Lipinski definition) is 7. The van der Waals surface area contributed by atoms with Gasteiger partial charge < -0.3 is 24.3 Å². The maximum atomic E-state index is 13.5. The van der Waals surface area contributed by atoms with Crippen molar-refractivity contribution in [3.05, 3.63) is 34.7 Å². The Hall–Kier alpha value is -1.94. The molecule has 3 heterocycles. The molecule has 31 heavy (non-hydrogen) atoms. The van der Waals surface area contributed by atoms with Crippen molar-refractivity contribution in [3.63, 3.8) is 0 Å². The Morgan fingerprint density at radius 3 is 2.48 bits per heavy atom. The molecule has 3 N–H and O–H groups in total. The zero-order chi connectivity index (χ0) is 21.7. The van der Waals surface area contributed by atoms with Crippen molar-refractivity contribution < 1.29 is 33.9 Å². The molecule has 9 heteroatoms. The van der Waals surface area contributed by atoms with Crippen molar-refractivity contribution in [2.45, 2.75) is 63.7 Å². The monoisotopic (exact) mass is 429 g/mol. The Morgan fingerprint density at radius 1 is 1.03 bits per heavy atom. The minimum absolute atomic E-state index is 0.0434. The highest BCUT2D eigenvalue weighted by atomic mass is 16.5. The summed E-state index contributed by atoms with van der Waals surface area (Å²) in [4.78, 5) is 28.4. The van der Waals surface area contributed by atoms with Gasteiger partial charge in [-0.05, 0) is 54.8 Å². The van der Waals surface area contributed by atoms with E-state index in [2.05, 4.69) is 0 Å². The molecule has 1 saturated carbocycles. The summed E-state index contributed by atoms with van der Waals surface area (Å²) in [5, 5.41) is 30.1. The number of furan rings is 1. The zero-order valence-corrected chi connectivity index (χ0v) is 17.4. The molecule has 166 valence electrons. The van der Waals surface area contributed by atoms with Gasteiger partial charge in [-0.3, -0.25) is 14.5 Å². The van der Waals surface area contributed by atoms with E-state index in [0.717, 1.165) is 32.1 Å². The van der Waals surface area contributed by atoms with Crippen LogP contribution in [0.15, 0.2) is 27.6 Å². The molecule has 1 aromatic rings. The van der Waals surface area contributed by atoms with Crippen LogP contribution in [0.5, 0.6) is 0 Å². The Labute approximate surface area is 181 Å². The molecule has 4 aliphatic rings. The average Bonchev–Trinajstić information content (AvgIpc) is 3.36. The van der Waals surface area contributed by atoms with Gasteiger partial charge in [0.05, 0.1) is 18.4 Å². The van der Waals surface area contributed by atoms with E-state index in [0.29, 0.717) is 29.0 Å². The lowest BCUT2D eigenvalue weighted by atomic mass is 9.55. The molecule has 1 aromatic heterocycles. The van der Waals surface area contributed by atoms with Gasteiger partial charge in [0.2, 0.25) is 11.8 Å². The molecule has 3 fully saturated rings. The molecule has 0 bridgehead atoms. The average molecular weight is 429 g/mol. The van der Waals surface area contributed by atoms with E-state index in [9.17, 15) is 24.8 Å². The number of imide groups is 1. The highest BCUT2D eigenvalue weighted by Gasteiger charge is 2.59. The van der Waals surface area contributed by atoms with Crippen molar-refractivity contribution in [2.75, 3.05) is 6.61 Å². The van der Waals surface area contributed by atoms with E-state index in [1.807, 2.05) is 0 Å². The molecule has 2 aliphatic heterocycles. The van der Waals surface area contributed by atoms with Crippen LogP contribution in [0.2, 0.25) is 0 Å². The first-order valence-electron chi connectivity index (χ1n) is 11.3. The SMILES string of the molecule is O=C1[C@H]2[C@H](CC(CO)=C3B(O)O[C@H](c4ccc(CO)o4)C[C@H]32)C(=O)N1C1CCCCC1. The molecular formula is C22H28BNO7. The van der Waals surface area contributed by atoms with Crippen molar-refractivity contribution in [2.24, 2.45) is 17.8 Å². The maximum absolute atomic E-state index is 13.5. The third-order valence-electron chi connectivity index (χ3n) is 7.53. The fourth-order valence-electron chi connectivity index (χ4n) is 6.12. The van der Waals surface area contributed by atoms with Gasteiger partial charge in [-0.15, -0.1) is 0 Å². The Bertz CT molecular complexity index is 905. The topological polar surface area (TPSA) is 120 Å². The smallest absolute Gasteiger partial charge is 0.461 e. The van der Waals surface area contributed by atoms with Crippen LogP contribution in [-0.4, -0.2) is 51.7 Å². The van der Waals surface area contributed by atoms with Crippen LogP contribution in [-0.2, 0) is 20.9 Å². The summed E-state index contributed by atoms with van der Waals surface area (Å²) in [6, 6.07) is 3.30. The van der Waals surface area contributed by atoms with Crippen LogP contribution < -0.4 is 0 Å². The summed E-state index contributed by atoms with van der Waals surface area (Å²) < 4.78 is 11.4. The lowest BCUT2D eigenvalue weighted by Crippen LogP contribution is -2.45. The number of fused-ring (bicyclic) bond motifs is 3. The van der Waals surface area contributed by atoms with Gasteiger partial charge in [0.1, 0.15) is 24.2 Å². The number of nitrogens with zero attached hydrogens (tertiary/aromatic N) is 1. The highest BCUT2D eigenvalue weighted by Crippen LogP contribution is 2.52. The van der Waals surface area contributed by atoms with E-state index in [-0.39, 0.29) is 37.5 Å². The maximum Gasteiger partial charge on any atom is 0.487 e. The number of amides is 2. The fraction of sp³-hybridized carbons (Fsp3) is 0.636.